The van der Waals surface area contributed by atoms with Crippen molar-refractivity contribution in [1.82, 2.24) is 15.5 Å². The molecule has 0 spiro atoms. The predicted molar refractivity (Wildman–Crippen MR) is 97.1 cm³/mol. The Morgan fingerprint density at radius 2 is 2.08 bits per heavy atom. The third-order valence-electron chi connectivity index (χ3n) is 6.09. The van der Waals surface area contributed by atoms with Crippen LogP contribution in [0.4, 0.5) is 0 Å². The number of amides is 2. The Labute approximate surface area is 151 Å². The zero-order valence-corrected chi connectivity index (χ0v) is 15.6. The van der Waals surface area contributed by atoms with E-state index in [1.165, 1.54) is 12.8 Å². The number of nitrogens with one attached hydrogen (secondary N) is 2. The highest BCUT2D eigenvalue weighted by Crippen LogP contribution is 2.45. The highest BCUT2D eigenvalue weighted by Gasteiger charge is 2.51. The fourth-order valence-corrected chi connectivity index (χ4v) is 4.75. The minimum atomic E-state index is -0.181. The SMILES string of the molecule is CCCNC(=O)C1CCCN(C(=O)[C@@]23CCCC[C@H]2CNC3)C1.Cl. The van der Waals surface area contributed by atoms with Gasteiger partial charge in [-0.25, -0.2) is 0 Å². The van der Waals surface area contributed by atoms with Gasteiger partial charge in [-0.3, -0.25) is 9.59 Å². The van der Waals surface area contributed by atoms with Gasteiger partial charge < -0.3 is 15.5 Å². The van der Waals surface area contributed by atoms with Gasteiger partial charge in [-0.2, -0.15) is 0 Å². The van der Waals surface area contributed by atoms with Crippen molar-refractivity contribution in [2.75, 3.05) is 32.7 Å². The molecule has 6 heteroatoms. The van der Waals surface area contributed by atoms with Gasteiger partial charge in [0.2, 0.25) is 11.8 Å². The normalized spacial score (nSPS) is 32.6. The minimum Gasteiger partial charge on any atom is -0.356 e. The molecular weight excluding hydrogens is 326 g/mol. The molecular formula is C18H32ClN3O2. The van der Waals surface area contributed by atoms with E-state index >= 15 is 0 Å². The third kappa shape index (κ3) is 3.72. The second-order valence-electron chi connectivity index (χ2n) is 7.61. The van der Waals surface area contributed by atoms with Crippen molar-refractivity contribution >= 4 is 24.2 Å². The quantitative estimate of drug-likeness (QED) is 0.808. The van der Waals surface area contributed by atoms with Crippen LogP contribution >= 0.6 is 12.4 Å². The highest BCUT2D eigenvalue weighted by atomic mass is 35.5. The van der Waals surface area contributed by atoms with Crippen LogP contribution in [0, 0.1) is 17.3 Å². The molecule has 0 aromatic rings. The van der Waals surface area contributed by atoms with E-state index in [9.17, 15) is 9.59 Å². The van der Waals surface area contributed by atoms with Crippen molar-refractivity contribution in [2.24, 2.45) is 17.3 Å². The van der Waals surface area contributed by atoms with Gasteiger partial charge in [0.15, 0.2) is 0 Å². The summed E-state index contributed by atoms with van der Waals surface area (Å²) >= 11 is 0. The molecule has 1 unspecified atom stereocenters. The number of hydrogen-bond donors (Lipinski definition) is 2. The van der Waals surface area contributed by atoms with Crippen LogP contribution in [0.25, 0.3) is 0 Å². The van der Waals surface area contributed by atoms with E-state index in [1.807, 2.05) is 4.90 Å². The van der Waals surface area contributed by atoms with Crippen LogP contribution in [0.15, 0.2) is 0 Å². The Balaban J connectivity index is 0.00000208. The summed E-state index contributed by atoms with van der Waals surface area (Å²) in [7, 11) is 0. The number of nitrogens with zero attached hydrogens (tertiary/aromatic N) is 1. The Bertz CT molecular complexity index is 460. The second-order valence-corrected chi connectivity index (χ2v) is 7.61. The van der Waals surface area contributed by atoms with Crippen molar-refractivity contribution in [1.29, 1.82) is 0 Å². The van der Waals surface area contributed by atoms with Crippen molar-refractivity contribution < 1.29 is 9.59 Å². The Morgan fingerprint density at radius 1 is 1.25 bits per heavy atom. The van der Waals surface area contributed by atoms with Crippen LogP contribution in [0.1, 0.15) is 51.9 Å². The monoisotopic (exact) mass is 357 g/mol. The van der Waals surface area contributed by atoms with Crippen LogP contribution in [-0.2, 0) is 9.59 Å². The average molecular weight is 358 g/mol. The van der Waals surface area contributed by atoms with Crippen molar-refractivity contribution in [3.63, 3.8) is 0 Å². The van der Waals surface area contributed by atoms with Crippen LogP contribution in [-0.4, -0.2) is 49.4 Å². The van der Waals surface area contributed by atoms with E-state index in [2.05, 4.69) is 17.6 Å². The van der Waals surface area contributed by atoms with Gasteiger partial charge in [0.1, 0.15) is 0 Å². The zero-order valence-electron chi connectivity index (χ0n) is 14.8. The topological polar surface area (TPSA) is 61.4 Å². The molecule has 0 aromatic heterocycles. The number of rotatable bonds is 4. The Morgan fingerprint density at radius 3 is 2.88 bits per heavy atom. The summed E-state index contributed by atoms with van der Waals surface area (Å²) in [5.74, 6) is 0.928. The molecule has 5 nitrogen and oxygen atoms in total. The number of fused-ring (bicyclic) bond motifs is 1. The summed E-state index contributed by atoms with van der Waals surface area (Å²) in [6, 6.07) is 0. The van der Waals surface area contributed by atoms with Gasteiger partial charge in [0.25, 0.3) is 0 Å². The molecule has 3 atom stereocenters. The average Bonchev–Trinajstić information content (AvgIpc) is 3.04. The summed E-state index contributed by atoms with van der Waals surface area (Å²) in [6.45, 7) is 6.05. The zero-order chi connectivity index (χ0) is 16.3. The first-order valence-electron chi connectivity index (χ1n) is 9.45. The number of carbonyl (C=O) groups excluding carboxylic acids is 2. The van der Waals surface area contributed by atoms with E-state index in [1.54, 1.807) is 0 Å². The summed E-state index contributed by atoms with van der Waals surface area (Å²) in [6.07, 6.45) is 7.43. The molecule has 0 radical (unpaired) electrons. The second kappa shape index (κ2) is 8.52. The maximum Gasteiger partial charge on any atom is 0.230 e. The number of likely N-dealkylation sites (tertiary alicyclic amines) is 1. The van der Waals surface area contributed by atoms with Gasteiger partial charge in [-0.1, -0.05) is 19.8 Å². The molecule has 3 fully saturated rings. The molecule has 2 heterocycles. The van der Waals surface area contributed by atoms with Gasteiger partial charge in [-0.15, -0.1) is 12.4 Å². The molecule has 1 saturated carbocycles. The summed E-state index contributed by atoms with van der Waals surface area (Å²) in [5.41, 5.74) is -0.181. The van der Waals surface area contributed by atoms with Crippen LogP contribution in [0.2, 0.25) is 0 Å². The van der Waals surface area contributed by atoms with E-state index < -0.39 is 0 Å². The Kier molecular flexibility index (Phi) is 6.93. The minimum absolute atomic E-state index is 0. The standard InChI is InChI=1S/C18H31N3O2.ClH/c1-2-9-20-16(22)14-6-5-10-21(12-14)17(23)18-8-4-3-7-15(18)11-19-13-18;/h14-15,19H,2-13H2,1H3,(H,20,22);1H/t14?,15-,18+;/m0./s1. The fourth-order valence-electron chi connectivity index (χ4n) is 4.75. The Hall–Kier alpha value is -0.810. The van der Waals surface area contributed by atoms with Gasteiger partial charge in [0.05, 0.1) is 11.3 Å². The lowest BCUT2D eigenvalue weighted by atomic mass is 9.67. The molecule has 3 aliphatic rings. The lowest BCUT2D eigenvalue weighted by Gasteiger charge is -2.43. The molecule has 0 bridgehead atoms. The van der Waals surface area contributed by atoms with Crippen molar-refractivity contribution in [2.45, 2.75) is 51.9 Å². The lowest BCUT2D eigenvalue weighted by Crippen LogP contribution is -2.54. The van der Waals surface area contributed by atoms with Gasteiger partial charge in [0, 0.05) is 26.2 Å². The molecule has 2 amide bonds. The first kappa shape index (κ1) is 19.5. The van der Waals surface area contributed by atoms with Crippen LogP contribution < -0.4 is 10.6 Å². The van der Waals surface area contributed by atoms with Crippen molar-refractivity contribution in [3.8, 4) is 0 Å². The van der Waals surface area contributed by atoms with E-state index in [0.717, 1.165) is 58.3 Å². The largest absolute Gasteiger partial charge is 0.356 e. The predicted octanol–water partition coefficient (Wildman–Crippen LogP) is 1.95. The van der Waals surface area contributed by atoms with Crippen LogP contribution in [0.5, 0.6) is 0 Å². The third-order valence-corrected chi connectivity index (χ3v) is 6.09. The van der Waals surface area contributed by atoms with Gasteiger partial charge in [-0.05, 0) is 44.6 Å². The molecule has 24 heavy (non-hydrogen) atoms. The number of piperidine rings is 1. The van der Waals surface area contributed by atoms with E-state index in [-0.39, 0.29) is 29.6 Å². The summed E-state index contributed by atoms with van der Waals surface area (Å²) < 4.78 is 0. The molecule has 2 aliphatic heterocycles. The maximum atomic E-state index is 13.3. The molecule has 138 valence electrons. The molecule has 2 N–H and O–H groups in total. The fraction of sp³-hybridized carbons (Fsp3) is 0.889. The molecule has 1 aliphatic carbocycles. The first-order chi connectivity index (χ1) is 11.2. The van der Waals surface area contributed by atoms with Crippen LogP contribution in [0.3, 0.4) is 0 Å². The lowest BCUT2D eigenvalue weighted by molar-refractivity contribution is -0.148. The highest BCUT2D eigenvalue weighted by molar-refractivity contribution is 5.86. The smallest absolute Gasteiger partial charge is 0.230 e. The number of hydrogen-bond acceptors (Lipinski definition) is 3. The summed E-state index contributed by atoms with van der Waals surface area (Å²) in [5, 5.41) is 6.46. The maximum absolute atomic E-state index is 13.3. The van der Waals surface area contributed by atoms with Gasteiger partial charge >= 0.3 is 0 Å². The molecule has 3 rings (SSSR count). The first-order valence-corrected chi connectivity index (χ1v) is 9.45. The molecule has 2 saturated heterocycles. The number of halogens is 1. The van der Waals surface area contributed by atoms with E-state index in [0.29, 0.717) is 18.4 Å². The number of carbonyl (C=O) groups is 2. The summed E-state index contributed by atoms with van der Waals surface area (Å²) in [4.78, 5) is 27.6. The molecule has 0 aromatic carbocycles. The van der Waals surface area contributed by atoms with E-state index in [4.69, 9.17) is 0 Å². The van der Waals surface area contributed by atoms with Crippen molar-refractivity contribution in [3.05, 3.63) is 0 Å².